The van der Waals surface area contributed by atoms with Crippen molar-refractivity contribution in [2.24, 2.45) is 10.2 Å². The monoisotopic (exact) mass is 189 g/mol. The summed E-state index contributed by atoms with van der Waals surface area (Å²) in [4.78, 5) is 0. The van der Waals surface area contributed by atoms with E-state index in [0.29, 0.717) is 12.0 Å². The average molecular weight is 189 g/mol. The molecule has 1 aliphatic heterocycles. The quantitative estimate of drug-likeness (QED) is 0.682. The lowest BCUT2D eigenvalue weighted by atomic mass is 9.80. The van der Waals surface area contributed by atoms with Gasteiger partial charge in [0.2, 0.25) is 0 Å². The molecule has 3 heteroatoms. The molecule has 0 spiro atoms. The van der Waals surface area contributed by atoms with Crippen LogP contribution in [0.25, 0.3) is 0 Å². The summed E-state index contributed by atoms with van der Waals surface area (Å²) in [7, 11) is 0. The Balaban J connectivity index is 2.53. The van der Waals surface area contributed by atoms with Crippen LogP contribution in [0.3, 0.4) is 0 Å². The molecule has 0 amide bonds. The first-order valence-corrected chi connectivity index (χ1v) is 4.41. The molecule has 0 bridgehead atoms. The van der Waals surface area contributed by atoms with Crippen molar-refractivity contribution in [3.63, 3.8) is 0 Å². The SMILES string of the molecule is [CH2]CC1(c2ccccc2F)C=NN=C1. The number of nitrogens with zero attached hydrogens (tertiary/aromatic N) is 2. The van der Waals surface area contributed by atoms with Crippen molar-refractivity contribution in [2.45, 2.75) is 11.8 Å². The first-order valence-electron chi connectivity index (χ1n) is 4.41. The maximum atomic E-state index is 13.5. The minimum atomic E-state index is -0.550. The van der Waals surface area contributed by atoms with Crippen LogP contribution in [0.15, 0.2) is 34.5 Å². The lowest BCUT2D eigenvalue weighted by molar-refractivity contribution is 0.593. The molecule has 1 radical (unpaired) electrons. The number of benzene rings is 1. The van der Waals surface area contributed by atoms with E-state index in [-0.39, 0.29) is 5.82 Å². The van der Waals surface area contributed by atoms with Crippen LogP contribution in [0.2, 0.25) is 0 Å². The van der Waals surface area contributed by atoms with E-state index in [9.17, 15) is 4.39 Å². The molecule has 0 fully saturated rings. The maximum Gasteiger partial charge on any atom is 0.127 e. The van der Waals surface area contributed by atoms with Gasteiger partial charge in [0.1, 0.15) is 5.82 Å². The van der Waals surface area contributed by atoms with Gasteiger partial charge in [-0.05, 0) is 12.5 Å². The van der Waals surface area contributed by atoms with Gasteiger partial charge in [-0.1, -0.05) is 25.1 Å². The Morgan fingerprint density at radius 2 is 1.86 bits per heavy atom. The number of halogens is 1. The van der Waals surface area contributed by atoms with Gasteiger partial charge >= 0.3 is 0 Å². The molecule has 71 valence electrons. The lowest BCUT2D eigenvalue weighted by Crippen LogP contribution is -2.28. The van der Waals surface area contributed by atoms with Crippen molar-refractivity contribution in [3.05, 3.63) is 42.6 Å². The second kappa shape index (κ2) is 3.33. The molecular weight excluding hydrogens is 179 g/mol. The fourth-order valence-electron chi connectivity index (χ4n) is 1.55. The van der Waals surface area contributed by atoms with Crippen LogP contribution in [-0.2, 0) is 5.41 Å². The molecule has 0 aliphatic carbocycles. The van der Waals surface area contributed by atoms with Gasteiger partial charge in [0.05, 0.1) is 5.41 Å². The zero-order chi connectivity index (χ0) is 10.0. The van der Waals surface area contributed by atoms with Crippen LogP contribution in [0, 0.1) is 12.7 Å². The van der Waals surface area contributed by atoms with E-state index in [2.05, 4.69) is 17.1 Å². The van der Waals surface area contributed by atoms with Crippen LogP contribution < -0.4 is 0 Å². The van der Waals surface area contributed by atoms with Crippen molar-refractivity contribution in [2.75, 3.05) is 0 Å². The van der Waals surface area contributed by atoms with Gasteiger partial charge in [-0.3, -0.25) is 0 Å². The van der Waals surface area contributed by atoms with E-state index in [1.54, 1.807) is 30.6 Å². The smallest absolute Gasteiger partial charge is 0.127 e. The topological polar surface area (TPSA) is 24.7 Å². The zero-order valence-electron chi connectivity index (χ0n) is 7.65. The molecule has 0 saturated heterocycles. The van der Waals surface area contributed by atoms with Crippen LogP contribution in [0.4, 0.5) is 4.39 Å². The zero-order valence-corrected chi connectivity index (χ0v) is 7.65. The molecule has 0 N–H and O–H groups in total. The number of hydrogen-bond donors (Lipinski definition) is 0. The Bertz CT molecular complexity index is 384. The standard InChI is InChI=1S/C11H10FN2/c1-2-11(7-13-14-8-11)9-5-3-4-6-10(9)12/h3-8H,1-2H2. The molecule has 14 heavy (non-hydrogen) atoms. The minimum absolute atomic E-state index is 0.240. The largest absolute Gasteiger partial charge is 0.207 e. The van der Waals surface area contributed by atoms with Crippen LogP contribution in [0.1, 0.15) is 12.0 Å². The summed E-state index contributed by atoms with van der Waals surface area (Å²) in [5.41, 5.74) is 0.0331. The third-order valence-electron chi connectivity index (χ3n) is 2.43. The third-order valence-corrected chi connectivity index (χ3v) is 2.43. The van der Waals surface area contributed by atoms with Crippen molar-refractivity contribution in [1.29, 1.82) is 0 Å². The molecule has 0 saturated carbocycles. The summed E-state index contributed by atoms with van der Waals surface area (Å²) in [6.07, 6.45) is 3.79. The molecule has 1 aromatic carbocycles. The van der Waals surface area contributed by atoms with Gasteiger partial charge in [0.15, 0.2) is 0 Å². The van der Waals surface area contributed by atoms with Crippen LogP contribution in [0.5, 0.6) is 0 Å². The van der Waals surface area contributed by atoms with Gasteiger partial charge in [0.25, 0.3) is 0 Å². The highest BCUT2D eigenvalue weighted by Crippen LogP contribution is 2.28. The second-order valence-electron chi connectivity index (χ2n) is 3.26. The fraction of sp³-hybridized carbons (Fsp3) is 0.182. The van der Waals surface area contributed by atoms with Gasteiger partial charge in [-0.25, -0.2) is 4.39 Å². The Hall–Kier alpha value is -1.51. The van der Waals surface area contributed by atoms with Crippen molar-refractivity contribution in [3.8, 4) is 0 Å². The fourth-order valence-corrected chi connectivity index (χ4v) is 1.55. The highest BCUT2D eigenvalue weighted by atomic mass is 19.1. The summed E-state index contributed by atoms with van der Waals surface area (Å²) in [5.74, 6) is -0.240. The minimum Gasteiger partial charge on any atom is -0.207 e. The summed E-state index contributed by atoms with van der Waals surface area (Å²) in [6, 6.07) is 6.64. The van der Waals surface area contributed by atoms with Crippen molar-refractivity contribution < 1.29 is 4.39 Å². The molecule has 0 aromatic heterocycles. The number of rotatable bonds is 2. The molecule has 0 atom stereocenters. The highest BCUT2D eigenvalue weighted by Gasteiger charge is 2.31. The Morgan fingerprint density at radius 1 is 1.21 bits per heavy atom. The van der Waals surface area contributed by atoms with E-state index in [0.717, 1.165) is 0 Å². The van der Waals surface area contributed by atoms with E-state index >= 15 is 0 Å². The summed E-state index contributed by atoms with van der Waals surface area (Å²) >= 11 is 0. The predicted molar refractivity (Wildman–Crippen MR) is 55.0 cm³/mol. The molecule has 1 aliphatic rings. The van der Waals surface area contributed by atoms with Crippen LogP contribution in [-0.4, -0.2) is 12.4 Å². The molecule has 1 aromatic rings. The maximum absolute atomic E-state index is 13.5. The second-order valence-corrected chi connectivity index (χ2v) is 3.26. The van der Waals surface area contributed by atoms with Gasteiger partial charge in [-0.2, -0.15) is 10.2 Å². The normalized spacial score (nSPS) is 17.6. The summed E-state index contributed by atoms with van der Waals surface area (Å²) in [5, 5.41) is 7.53. The highest BCUT2D eigenvalue weighted by molar-refractivity contribution is 5.99. The molecule has 0 unspecified atom stereocenters. The van der Waals surface area contributed by atoms with E-state index in [1.807, 2.05) is 0 Å². The van der Waals surface area contributed by atoms with E-state index < -0.39 is 5.41 Å². The molecule has 2 nitrogen and oxygen atoms in total. The van der Waals surface area contributed by atoms with E-state index in [1.165, 1.54) is 6.07 Å². The van der Waals surface area contributed by atoms with E-state index in [4.69, 9.17) is 0 Å². The summed E-state index contributed by atoms with van der Waals surface area (Å²) < 4.78 is 13.5. The lowest BCUT2D eigenvalue weighted by Gasteiger charge is -2.21. The van der Waals surface area contributed by atoms with Gasteiger partial charge in [0, 0.05) is 18.0 Å². The third kappa shape index (κ3) is 1.25. The Kier molecular flexibility index (Phi) is 2.15. The summed E-state index contributed by atoms with van der Waals surface area (Å²) in [6.45, 7) is 3.81. The first-order chi connectivity index (χ1) is 6.78. The predicted octanol–water partition coefficient (Wildman–Crippen LogP) is 2.36. The molecule has 2 rings (SSSR count). The van der Waals surface area contributed by atoms with Crippen molar-refractivity contribution in [1.82, 2.24) is 0 Å². The van der Waals surface area contributed by atoms with Gasteiger partial charge < -0.3 is 0 Å². The average Bonchev–Trinajstić information content (AvgIpc) is 2.68. The van der Waals surface area contributed by atoms with Crippen LogP contribution >= 0.6 is 0 Å². The van der Waals surface area contributed by atoms with Crippen molar-refractivity contribution >= 4 is 12.4 Å². The Morgan fingerprint density at radius 3 is 2.43 bits per heavy atom. The van der Waals surface area contributed by atoms with Gasteiger partial charge in [-0.15, -0.1) is 0 Å². The Labute approximate surface area is 82.2 Å². The first kappa shape index (κ1) is 9.06. The number of hydrogen-bond acceptors (Lipinski definition) is 2. The molecular formula is C11H10FN2. The molecule has 1 heterocycles.